The maximum absolute atomic E-state index is 13.4. The van der Waals surface area contributed by atoms with Gasteiger partial charge < -0.3 is 4.84 Å². The van der Waals surface area contributed by atoms with E-state index in [1.807, 2.05) is 19.1 Å². The molecule has 2 aromatic rings. The largest absolute Gasteiger partial charge is 0.417 e. The van der Waals surface area contributed by atoms with Gasteiger partial charge >= 0.3 is 16.7 Å². The van der Waals surface area contributed by atoms with Crippen LogP contribution in [0.15, 0.2) is 47.6 Å². The summed E-state index contributed by atoms with van der Waals surface area (Å²) in [5.74, 6) is 0.631. The quantitative estimate of drug-likeness (QED) is 0.301. The van der Waals surface area contributed by atoms with Crippen LogP contribution in [-0.4, -0.2) is 14.1 Å². The fourth-order valence-corrected chi connectivity index (χ4v) is 4.15. The van der Waals surface area contributed by atoms with Gasteiger partial charge in [-0.15, -0.1) is 0 Å². The molecule has 34 heavy (non-hydrogen) atoms. The summed E-state index contributed by atoms with van der Waals surface area (Å²) in [4.78, 5) is 5.46. The Kier molecular flexibility index (Phi) is 11.0. The molecule has 5 nitrogen and oxygen atoms in total. The molecule has 0 aliphatic heterocycles. The molecule has 1 aliphatic carbocycles. The van der Waals surface area contributed by atoms with Crippen LogP contribution in [0.1, 0.15) is 80.0 Å². The second-order valence-electron chi connectivity index (χ2n) is 8.06. The van der Waals surface area contributed by atoms with Gasteiger partial charge in [0, 0.05) is 10.6 Å². The Labute approximate surface area is 204 Å². The average molecular weight is 517 g/mol. The van der Waals surface area contributed by atoms with E-state index in [2.05, 4.69) is 17.3 Å². The van der Waals surface area contributed by atoms with Crippen molar-refractivity contribution in [1.29, 1.82) is 4.78 Å². The number of benzene rings is 2. The van der Waals surface area contributed by atoms with Crippen LogP contribution in [0.5, 0.6) is 0 Å². The lowest BCUT2D eigenvalue weighted by Crippen LogP contribution is -2.14. The fourth-order valence-electron chi connectivity index (χ4n) is 3.98. The van der Waals surface area contributed by atoms with Gasteiger partial charge in [-0.05, 0) is 54.5 Å². The van der Waals surface area contributed by atoms with Gasteiger partial charge in [0.25, 0.3) is 0 Å². The minimum atomic E-state index is -4.48. The zero-order valence-corrected chi connectivity index (χ0v) is 20.4. The number of hydrogen-bond acceptors (Lipinski definition) is 5. The molecule has 10 heteroatoms. The predicted molar refractivity (Wildman–Crippen MR) is 127 cm³/mol. The lowest BCUT2D eigenvalue weighted by molar-refractivity contribution is -0.137. The Balaban J connectivity index is 0.000000945. The SMILES string of the molecule is CCC/C(=N\OCc1ccc(C2CCCCC2)cc1)c1cc(Cl)ccc1C(F)(F)F.N=S(=O)=O. The number of nitrogens with zero attached hydrogens (tertiary/aromatic N) is 1. The summed E-state index contributed by atoms with van der Waals surface area (Å²) in [6, 6.07) is 11.8. The molecule has 0 spiro atoms. The Morgan fingerprint density at radius 3 is 2.29 bits per heavy atom. The van der Waals surface area contributed by atoms with E-state index < -0.39 is 22.2 Å². The molecule has 0 amide bonds. The molecule has 0 radical (unpaired) electrons. The Hall–Kier alpha value is -2.39. The summed E-state index contributed by atoms with van der Waals surface area (Å²) in [6.45, 7) is 2.09. The predicted octanol–water partition coefficient (Wildman–Crippen LogP) is 7.76. The maximum atomic E-state index is 13.4. The van der Waals surface area contributed by atoms with Crippen molar-refractivity contribution in [2.45, 2.75) is 70.6 Å². The summed E-state index contributed by atoms with van der Waals surface area (Å²) in [5.41, 5.74) is 1.77. The van der Waals surface area contributed by atoms with Crippen molar-refractivity contribution in [1.82, 2.24) is 0 Å². The fraction of sp³-hybridized carbons (Fsp3) is 0.458. The van der Waals surface area contributed by atoms with Crippen molar-refractivity contribution in [3.8, 4) is 0 Å². The first-order valence-electron chi connectivity index (χ1n) is 11.1. The number of halogens is 4. The van der Waals surface area contributed by atoms with Gasteiger partial charge in [0.15, 0.2) is 0 Å². The molecule has 0 bridgehead atoms. The smallest absolute Gasteiger partial charge is 0.391 e. The molecule has 0 unspecified atom stereocenters. The molecule has 0 saturated heterocycles. The van der Waals surface area contributed by atoms with Gasteiger partial charge in [-0.25, -0.2) is 0 Å². The van der Waals surface area contributed by atoms with E-state index in [-0.39, 0.29) is 22.9 Å². The van der Waals surface area contributed by atoms with E-state index in [1.54, 1.807) is 0 Å². The van der Waals surface area contributed by atoms with Crippen LogP contribution in [0, 0.1) is 4.78 Å². The lowest BCUT2D eigenvalue weighted by atomic mass is 9.84. The van der Waals surface area contributed by atoms with E-state index in [9.17, 15) is 13.2 Å². The molecule has 1 N–H and O–H groups in total. The highest BCUT2D eigenvalue weighted by atomic mass is 35.5. The monoisotopic (exact) mass is 516 g/mol. The molecule has 1 aliphatic rings. The normalized spacial score (nSPS) is 14.8. The highest BCUT2D eigenvalue weighted by molar-refractivity contribution is 7.60. The van der Waals surface area contributed by atoms with E-state index in [1.165, 1.54) is 49.8 Å². The third-order valence-electron chi connectivity index (χ3n) is 5.55. The highest BCUT2D eigenvalue weighted by Crippen LogP contribution is 2.35. The van der Waals surface area contributed by atoms with Crippen molar-refractivity contribution in [2.75, 3.05) is 0 Å². The van der Waals surface area contributed by atoms with Crippen LogP contribution in [-0.2, 0) is 28.1 Å². The zero-order chi connectivity index (χ0) is 25.1. The van der Waals surface area contributed by atoms with Crippen LogP contribution in [0.4, 0.5) is 13.2 Å². The standard InChI is InChI=1S/C24H27ClF3NO.HNO2S/c1-2-6-23(21-15-20(25)13-14-22(21)24(26,27)28)29-30-16-17-9-11-19(12-10-17)18-7-4-3-5-8-18;1-4(2)3/h9-15,18H,2-8,16H2,1H3;1H/b29-23+;. The lowest BCUT2D eigenvalue weighted by Gasteiger charge is -2.22. The molecule has 1 saturated carbocycles. The second-order valence-corrected chi connectivity index (χ2v) is 8.97. The first-order valence-corrected chi connectivity index (χ1v) is 12.5. The number of hydrogen-bond donors (Lipinski definition) is 1. The van der Waals surface area contributed by atoms with Crippen LogP contribution < -0.4 is 0 Å². The summed E-state index contributed by atoms with van der Waals surface area (Å²) < 4.78 is 63.1. The van der Waals surface area contributed by atoms with Crippen molar-refractivity contribution in [3.05, 3.63) is 69.7 Å². The van der Waals surface area contributed by atoms with E-state index in [0.29, 0.717) is 18.8 Å². The van der Waals surface area contributed by atoms with Crippen LogP contribution >= 0.6 is 11.6 Å². The van der Waals surface area contributed by atoms with Crippen LogP contribution in [0.2, 0.25) is 5.02 Å². The Bertz CT molecular complexity index is 1060. The Morgan fingerprint density at radius 1 is 1.12 bits per heavy atom. The molecule has 0 atom stereocenters. The third kappa shape index (κ3) is 9.10. The van der Waals surface area contributed by atoms with Gasteiger partial charge in [-0.2, -0.15) is 26.4 Å². The number of oxime groups is 1. The number of rotatable bonds is 7. The van der Waals surface area contributed by atoms with Crippen molar-refractivity contribution in [3.63, 3.8) is 0 Å². The Morgan fingerprint density at radius 2 is 1.74 bits per heavy atom. The van der Waals surface area contributed by atoms with Crippen molar-refractivity contribution in [2.24, 2.45) is 5.16 Å². The van der Waals surface area contributed by atoms with Gasteiger partial charge in [0.1, 0.15) is 6.61 Å². The van der Waals surface area contributed by atoms with E-state index in [0.717, 1.165) is 11.6 Å². The summed E-state index contributed by atoms with van der Waals surface area (Å²) in [6.07, 6.45) is 2.89. The zero-order valence-electron chi connectivity index (χ0n) is 18.9. The van der Waals surface area contributed by atoms with Crippen molar-refractivity contribution < 1.29 is 26.4 Å². The van der Waals surface area contributed by atoms with Crippen LogP contribution in [0.25, 0.3) is 0 Å². The minimum Gasteiger partial charge on any atom is -0.391 e. The highest BCUT2D eigenvalue weighted by Gasteiger charge is 2.34. The van der Waals surface area contributed by atoms with Gasteiger partial charge in [-0.3, -0.25) is 0 Å². The summed E-state index contributed by atoms with van der Waals surface area (Å²) >= 11 is 5.96. The van der Waals surface area contributed by atoms with E-state index >= 15 is 0 Å². The van der Waals surface area contributed by atoms with Gasteiger partial charge in [0.2, 0.25) is 0 Å². The molecular formula is C24H28ClF3N2O3S. The maximum Gasteiger partial charge on any atom is 0.417 e. The molecule has 186 valence electrons. The third-order valence-corrected chi connectivity index (χ3v) is 5.78. The van der Waals surface area contributed by atoms with Gasteiger partial charge in [-0.1, -0.05) is 73.6 Å². The molecular weight excluding hydrogens is 489 g/mol. The molecule has 0 heterocycles. The van der Waals surface area contributed by atoms with Gasteiger partial charge in [0.05, 0.1) is 11.3 Å². The van der Waals surface area contributed by atoms with Crippen molar-refractivity contribution >= 4 is 27.8 Å². The number of alkyl halides is 3. The van der Waals surface area contributed by atoms with E-state index in [4.69, 9.17) is 29.6 Å². The minimum absolute atomic E-state index is 0.0236. The first kappa shape index (κ1) is 27.9. The topological polar surface area (TPSA) is 79.6 Å². The molecule has 3 rings (SSSR count). The second kappa shape index (κ2) is 13.5. The molecule has 2 aromatic carbocycles. The van der Waals surface area contributed by atoms with Crippen LogP contribution in [0.3, 0.4) is 0 Å². The molecule has 1 fully saturated rings. The average Bonchev–Trinajstić information content (AvgIpc) is 2.78. The number of nitrogens with one attached hydrogen (secondary N) is 1. The first-order chi connectivity index (χ1) is 16.1. The summed E-state index contributed by atoms with van der Waals surface area (Å²) in [5, 5.41) is 4.30. The molecule has 0 aromatic heterocycles. The summed E-state index contributed by atoms with van der Waals surface area (Å²) in [7, 11) is -2.61.